The molecule has 20 heavy (non-hydrogen) atoms. The zero-order chi connectivity index (χ0) is 14.7. The number of benzene rings is 2. The average molecular weight is 294 g/mol. The maximum absolute atomic E-state index is 12.9. The van der Waals surface area contributed by atoms with E-state index in [4.69, 9.17) is 16.7 Å². The van der Waals surface area contributed by atoms with E-state index >= 15 is 0 Å². The highest BCUT2D eigenvalue weighted by Gasteiger charge is 2.10. The first-order chi connectivity index (χ1) is 9.49. The number of carboxylic acids is 1. The molecule has 2 aromatic rings. The van der Waals surface area contributed by atoms with Gasteiger partial charge >= 0.3 is 5.97 Å². The van der Waals surface area contributed by atoms with E-state index in [2.05, 4.69) is 5.32 Å². The number of hydrogen-bond acceptors (Lipinski definition) is 2. The Kier molecular flexibility index (Phi) is 4.25. The van der Waals surface area contributed by atoms with Gasteiger partial charge in [0.05, 0.1) is 5.56 Å². The summed E-state index contributed by atoms with van der Waals surface area (Å²) in [6, 6.07) is 9.20. The molecule has 0 aliphatic rings. The quantitative estimate of drug-likeness (QED) is 0.892. The molecule has 0 saturated carbocycles. The molecule has 0 atom stereocenters. The molecule has 0 amide bonds. The van der Waals surface area contributed by atoms with Crippen molar-refractivity contribution in [2.45, 2.75) is 13.5 Å². The Morgan fingerprint density at radius 1 is 1.35 bits per heavy atom. The van der Waals surface area contributed by atoms with E-state index in [0.717, 1.165) is 5.56 Å². The Hall–Kier alpha value is -2.07. The van der Waals surface area contributed by atoms with Gasteiger partial charge in [-0.05, 0) is 42.3 Å². The van der Waals surface area contributed by atoms with Crippen LogP contribution < -0.4 is 5.32 Å². The molecule has 2 rings (SSSR count). The molecule has 0 aliphatic carbocycles. The summed E-state index contributed by atoms with van der Waals surface area (Å²) in [7, 11) is 0. The van der Waals surface area contributed by atoms with Gasteiger partial charge in [-0.15, -0.1) is 0 Å². The zero-order valence-corrected chi connectivity index (χ0v) is 11.5. The van der Waals surface area contributed by atoms with E-state index in [0.29, 0.717) is 22.8 Å². The van der Waals surface area contributed by atoms with Gasteiger partial charge in [0, 0.05) is 17.3 Å². The predicted octanol–water partition coefficient (Wildman–Crippen LogP) is 4.10. The molecule has 104 valence electrons. The molecule has 2 N–H and O–H groups in total. The third kappa shape index (κ3) is 3.08. The predicted molar refractivity (Wildman–Crippen MR) is 76.9 cm³/mol. The van der Waals surface area contributed by atoms with Crippen LogP contribution in [0, 0.1) is 12.7 Å². The van der Waals surface area contributed by atoms with Crippen molar-refractivity contribution >= 4 is 23.3 Å². The second-order valence-electron chi connectivity index (χ2n) is 4.37. The molecule has 0 aliphatic heterocycles. The van der Waals surface area contributed by atoms with Gasteiger partial charge in [-0.1, -0.05) is 23.7 Å². The monoisotopic (exact) mass is 293 g/mol. The van der Waals surface area contributed by atoms with E-state index in [-0.39, 0.29) is 11.4 Å². The molecule has 0 heterocycles. The van der Waals surface area contributed by atoms with E-state index in [9.17, 15) is 9.18 Å². The molecular weight excluding hydrogens is 281 g/mol. The standard InChI is InChI=1S/C15H13ClFNO2/c1-9-12(15(19)20)3-2-4-14(9)18-8-10-5-6-11(17)7-13(10)16/h2-7,18H,8H2,1H3,(H,19,20). The Bertz CT molecular complexity index is 658. The fourth-order valence-corrected chi connectivity index (χ4v) is 2.15. The number of nitrogens with one attached hydrogen (secondary N) is 1. The first-order valence-electron chi connectivity index (χ1n) is 5.99. The number of carbonyl (C=O) groups is 1. The number of hydrogen-bond donors (Lipinski definition) is 2. The molecule has 0 spiro atoms. The number of halogens is 2. The highest BCUT2D eigenvalue weighted by Crippen LogP contribution is 2.22. The van der Waals surface area contributed by atoms with Gasteiger partial charge in [0.1, 0.15) is 5.82 Å². The van der Waals surface area contributed by atoms with Crippen molar-refractivity contribution < 1.29 is 14.3 Å². The number of aromatic carboxylic acids is 1. The van der Waals surface area contributed by atoms with Crippen molar-refractivity contribution in [3.63, 3.8) is 0 Å². The highest BCUT2D eigenvalue weighted by atomic mass is 35.5. The summed E-state index contributed by atoms with van der Waals surface area (Å²) in [5, 5.41) is 12.5. The van der Waals surface area contributed by atoms with Gasteiger partial charge in [-0.25, -0.2) is 9.18 Å². The molecule has 0 fully saturated rings. The van der Waals surface area contributed by atoms with Gasteiger partial charge in [0.2, 0.25) is 0 Å². The van der Waals surface area contributed by atoms with Crippen LogP contribution in [0.4, 0.5) is 10.1 Å². The minimum Gasteiger partial charge on any atom is -0.478 e. The lowest BCUT2D eigenvalue weighted by atomic mass is 10.1. The van der Waals surface area contributed by atoms with Crippen molar-refractivity contribution in [3.8, 4) is 0 Å². The first kappa shape index (κ1) is 14.3. The maximum Gasteiger partial charge on any atom is 0.336 e. The molecule has 3 nitrogen and oxygen atoms in total. The Morgan fingerprint density at radius 3 is 2.75 bits per heavy atom. The first-order valence-corrected chi connectivity index (χ1v) is 6.37. The van der Waals surface area contributed by atoms with E-state index in [1.807, 2.05) is 0 Å². The largest absolute Gasteiger partial charge is 0.478 e. The van der Waals surface area contributed by atoms with Crippen molar-refractivity contribution in [1.29, 1.82) is 0 Å². The van der Waals surface area contributed by atoms with Crippen LogP contribution in [0.3, 0.4) is 0 Å². The van der Waals surface area contributed by atoms with Crippen molar-refractivity contribution in [2.75, 3.05) is 5.32 Å². The molecule has 5 heteroatoms. The van der Waals surface area contributed by atoms with Gasteiger partial charge in [-0.2, -0.15) is 0 Å². The number of anilines is 1. The lowest BCUT2D eigenvalue weighted by Crippen LogP contribution is -2.06. The van der Waals surface area contributed by atoms with Gasteiger partial charge in [0.15, 0.2) is 0 Å². The van der Waals surface area contributed by atoms with Gasteiger partial charge < -0.3 is 10.4 Å². The molecule has 0 aromatic heterocycles. The SMILES string of the molecule is Cc1c(NCc2ccc(F)cc2Cl)cccc1C(=O)O. The van der Waals surface area contributed by atoms with Crippen molar-refractivity contribution in [3.05, 3.63) is 63.9 Å². The molecule has 0 bridgehead atoms. The van der Waals surface area contributed by atoms with Crippen molar-refractivity contribution in [1.82, 2.24) is 0 Å². The summed E-state index contributed by atoms with van der Waals surface area (Å²) in [5.74, 6) is -1.35. The third-order valence-electron chi connectivity index (χ3n) is 3.05. The molecule has 2 aromatic carbocycles. The lowest BCUT2D eigenvalue weighted by molar-refractivity contribution is 0.0696. The number of carboxylic acid groups (broad SMARTS) is 1. The van der Waals surface area contributed by atoms with Crippen LogP contribution in [0.15, 0.2) is 36.4 Å². The summed E-state index contributed by atoms with van der Waals surface area (Å²) < 4.78 is 12.9. The van der Waals surface area contributed by atoms with E-state index in [1.54, 1.807) is 31.2 Å². The summed E-state index contributed by atoms with van der Waals surface area (Å²) >= 11 is 5.94. The second kappa shape index (κ2) is 5.92. The zero-order valence-electron chi connectivity index (χ0n) is 10.8. The van der Waals surface area contributed by atoms with Crippen LogP contribution in [0.1, 0.15) is 21.5 Å². The van der Waals surface area contributed by atoms with Gasteiger partial charge in [-0.3, -0.25) is 0 Å². The molecule has 0 unspecified atom stereocenters. The maximum atomic E-state index is 12.9. The summed E-state index contributed by atoms with van der Waals surface area (Å²) in [4.78, 5) is 11.0. The minimum atomic E-state index is -0.967. The van der Waals surface area contributed by atoms with Crippen LogP contribution in [0.2, 0.25) is 5.02 Å². The fraction of sp³-hybridized carbons (Fsp3) is 0.133. The van der Waals surface area contributed by atoms with Crippen LogP contribution >= 0.6 is 11.6 Å². The summed E-state index contributed by atoms with van der Waals surface area (Å²) in [5.41, 5.74) is 2.36. The molecule has 0 saturated heterocycles. The van der Waals surface area contributed by atoms with Crippen LogP contribution in [-0.2, 0) is 6.54 Å². The van der Waals surface area contributed by atoms with Crippen LogP contribution in [-0.4, -0.2) is 11.1 Å². The van der Waals surface area contributed by atoms with Gasteiger partial charge in [0.25, 0.3) is 0 Å². The average Bonchev–Trinajstić information content (AvgIpc) is 2.39. The van der Waals surface area contributed by atoms with E-state index < -0.39 is 5.97 Å². The lowest BCUT2D eigenvalue weighted by Gasteiger charge is -2.12. The molecular formula is C15H13ClFNO2. The van der Waals surface area contributed by atoms with Crippen LogP contribution in [0.25, 0.3) is 0 Å². The topological polar surface area (TPSA) is 49.3 Å². The smallest absolute Gasteiger partial charge is 0.336 e. The second-order valence-corrected chi connectivity index (χ2v) is 4.78. The number of rotatable bonds is 4. The third-order valence-corrected chi connectivity index (χ3v) is 3.40. The minimum absolute atomic E-state index is 0.250. The normalized spacial score (nSPS) is 10.3. The highest BCUT2D eigenvalue weighted by molar-refractivity contribution is 6.31. The van der Waals surface area contributed by atoms with Crippen molar-refractivity contribution in [2.24, 2.45) is 0 Å². The summed E-state index contributed by atoms with van der Waals surface area (Å²) in [6.07, 6.45) is 0. The van der Waals surface area contributed by atoms with E-state index in [1.165, 1.54) is 12.1 Å². The molecule has 0 radical (unpaired) electrons. The van der Waals surface area contributed by atoms with Crippen LogP contribution in [0.5, 0.6) is 0 Å². The Balaban J connectivity index is 2.19. The summed E-state index contributed by atoms with van der Waals surface area (Å²) in [6.45, 7) is 2.13. The fourth-order valence-electron chi connectivity index (χ4n) is 1.91. The Labute approximate surface area is 121 Å². The Morgan fingerprint density at radius 2 is 2.10 bits per heavy atom.